The number of carbonyl (C=O) groups is 3. The molecule has 0 saturated heterocycles. The summed E-state index contributed by atoms with van der Waals surface area (Å²) in [6.45, 7) is 3.69. The van der Waals surface area contributed by atoms with Crippen molar-refractivity contribution >= 4 is 17.7 Å². The molecule has 6 nitrogen and oxygen atoms in total. The standard InChI is InChI=1S/C19H21NO5/c1-3-13-4-6-14(7-5-13)17(21)8-9-18(22)20-11-15-10-16(19(23)24)12(2)25-15/h4-7,10H,3,8-9,11H2,1-2H3,(H,20,22)(H,23,24). The zero-order chi connectivity index (χ0) is 18.4. The number of hydrogen-bond acceptors (Lipinski definition) is 4. The van der Waals surface area contributed by atoms with Crippen molar-refractivity contribution in [2.45, 2.75) is 39.7 Å². The number of rotatable bonds is 8. The van der Waals surface area contributed by atoms with Crippen LogP contribution in [0.1, 0.15) is 57.6 Å². The lowest BCUT2D eigenvalue weighted by atomic mass is 10.0. The summed E-state index contributed by atoms with van der Waals surface area (Å²) in [4.78, 5) is 34.9. The SMILES string of the molecule is CCc1ccc(C(=O)CCC(=O)NCc2cc(C(=O)O)c(C)o2)cc1. The predicted octanol–water partition coefficient (Wildman–Crippen LogP) is 3.13. The van der Waals surface area contributed by atoms with Gasteiger partial charge in [0, 0.05) is 18.4 Å². The van der Waals surface area contributed by atoms with Crippen molar-refractivity contribution in [3.8, 4) is 0 Å². The Balaban J connectivity index is 1.81. The smallest absolute Gasteiger partial charge is 0.339 e. The van der Waals surface area contributed by atoms with Gasteiger partial charge in [0.15, 0.2) is 5.78 Å². The number of hydrogen-bond donors (Lipinski definition) is 2. The van der Waals surface area contributed by atoms with Crippen LogP contribution in [0.4, 0.5) is 0 Å². The van der Waals surface area contributed by atoms with Crippen molar-refractivity contribution in [2.24, 2.45) is 0 Å². The molecule has 0 fully saturated rings. The Kier molecular flexibility index (Phi) is 6.11. The maximum Gasteiger partial charge on any atom is 0.339 e. The van der Waals surface area contributed by atoms with Crippen molar-refractivity contribution in [2.75, 3.05) is 0 Å². The summed E-state index contributed by atoms with van der Waals surface area (Å²) in [5.74, 6) is -0.782. The zero-order valence-corrected chi connectivity index (χ0v) is 14.3. The van der Waals surface area contributed by atoms with Crippen molar-refractivity contribution in [1.29, 1.82) is 0 Å². The summed E-state index contributed by atoms with van der Waals surface area (Å²) in [6.07, 6.45) is 1.10. The van der Waals surface area contributed by atoms with Gasteiger partial charge in [-0.1, -0.05) is 31.2 Å². The first kappa shape index (κ1) is 18.4. The molecule has 0 aliphatic heterocycles. The Hall–Kier alpha value is -2.89. The van der Waals surface area contributed by atoms with Gasteiger partial charge < -0.3 is 14.8 Å². The van der Waals surface area contributed by atoms with Crippen LogP contribution < -0.4 is 5.32 Å². The first-order valence-electron chi connectivity index (χ1n) is 8.12. The highest BCUT2D eigenvalue weighted by Gasteiger charge is 2.14. The van der Waals surface area contributed by atoms with Crippen molar-refractivity contribution in [3.05, 3.63) is 58.5 Å². The number of nitrogens with one attached hydrogen (secondary N) is 1. The van der Waals surface area contributed by atoms with Gasteiger partial charge in [0.1, 0.15) is 17.1 Å². The summed E-state index contributed by atoms with van der Waals surface area (Å²) in [5.41, 5.74) is 1.83. The van der Waals surface area contributed by atoms with Crippen LogP contribution in [0.15, 0.2) is 34.7 Å². The lowest BCUT2D eigenvalue weighted by Gasteiger charge is -2.04. The van der Waals surface area contributed by atoms with Gasteiger partial charge in [0.05, 0.1) is 6.54 Å². The number of furan rings is 1. The van der Waals surface area contributed by atoms with Gasteiger partial charge in [-0.25, -0.2) is 4.79 Å². The quantitative estimate of drug-likeness (QED) is 0.718. The average Bonchev–Trinajstić information content (AvgIpc) is 2.99. The topological polar surface area (TPSA) is 96.6 Å². The van der Waals surface area contributed by atoms with Gasteiger partial charge in [0.25, 0.3) is 0 Å². The number of benzene rings is 1. The first-order chi connectivity index (χ1) is 11.9. The van der Waals surface area contributed by atoms with Gasteiger partial charge >= 0.3 is 5.97 Å². The second-order valence-electron chi connectivity index (χ2n) is 5.74. The molecule has 1 aromatic carbocycles. The van der Waals surface area contributed by atoms with Crippen LogP contribution in [-0.2, 0) is 17.8 Å². The molecule has 1 heterocycles. The minimum absolute atomic E-state index is 0.0693. The lowest BCUT2D eigenvalue weighted by molar-refractivity contribution is -0.121. The Morgan fingerprint density at radius 2 is 1.80 bits per heavy atom. The maximum atomic E-state index is 12.1. The molecule has 0 unspecified atom stereocenters. The second-order valence-corrected chi connectivity index (χ2v) is 5.74. The number of carboxylic acids is 1. The number of carboxylic acid groups (broad SMARTS) is 1. The van der Waals surface area contributed by atoms with E-state index in [9.17, 15) is 14.4 Å². The van der Waals surface area contributed by atoms with Crippen LogP contribution in [0.5, 0.6) is 0 Å². The molecule has 0 spiro atoms. The largest absolute Gasteiger partial charge is 0.478 e. The summed E-state index contributed by atoms with van der Waals surface area (Å²) < 4.78 is 5.28. The van der Waals surface area contributed by atoms with Gasteiger partial charge in [-0.2, -0.15) is 0 Å². The molecule has 0 bridgehead atoms. The third-order valence-corrected chi connectivity index (χ3v) is 3.92. The molecule has 0 aliphatic rings. The fourth-order valence-corrected chi connectivity index (χ4v) is 2.41. The monoisotopic (exact) mass is 343 g/mol. The molecule has 2 N–H and O–H groups in total. The van der Waals surface area contributed by atoms with Crippen LogP contribution in [0, 0.1) is 6.92 Å². The van der Waals surface area contributed by atoms with E-state index in [2.05, 4.69) is 5.32 Å². The summed E-state index contributed by atoms with van der Waals surface area (Å²) in [5, 5.41) is 11.6. The molecule has 0 saturated carbocycles. The molecule has 25 heavy (non-hydrogen) atoms. The highest BCUT2D eigenvalue weighted by Crippen LogP contribution is 2.14. The molecular weight excluding hydrogens is 322 g/mol. The van der Waals surface area contributed by atoms with Gasteiger partial charge in [-0.05, 0) is 25.0 Å². The summed E-state index contributed by atoms with van der Waals surface area (Å²) >= 11 is 0. The first-order valence-corrected chi connectivity index (χ1v) is 8.12. The van der Waals surface area contributed by atoms with Crippen LogP contribution >= 0.6 is 0 Å². The number of amides is 1. The molecule has 0 radical (unpaired) electrons. The number of ketones is 1. The van der Waals surface area contributed by atoms with E-state index in [0.29, 0.717) is 17.1 Å². The average molecular weight is 343 g/mol. The van der Waals surface area contributed by atoms with Crippen LogP contribution in [0.3, 0.4) is 0 Å². The van der Waals surface area contributed by atoms with Crippen molar-refractivity contribution in [1.82, 2.24) is 5.32 Å². The van der Waals surface area contributed by atoms with E-state index in [0.717, 1.165) is 12.0 Å². The number of Topliss-reactive ketones (excluding diaryl/α,β-unsaturated/α-hetero) is 1. The summed E-state index contributed by atoms with van der Waals surface area (Å²) in [6, 6.07) is 8.76. The fraction of sp³-hybridized carbons (Fsp3) is 0.316. The van der Waals surface area contributed by atoms with Crippen molar-refractivity contribution < 1.29 is 23.9 Å². The highest BCUT2D eigenvalue weighted by atomic mass is 16.4. The minimum atomic E-state index is -1.07. The van der Waals surface area contributed by atoms with Crippen LogP contribution in [0.2, 0.25) is 0 Å². The summed E-state index contributed by atoms with van der Waals surface area (Å²) in [7, 11) is 0. The van der Waals surface area contributed by atoms with E-state index in [4.69, 9.17) is 9.52 Å². The lowest BCUT2D eigenvalue weighted by Crippen LogP contribution is -2.23. The number of aromatic carboxylic acids is 1. The van der Waals surface area contributed by atoms with E-state index < -0.39 is 5.97 Å². The van der Waals surface area contributed by atoms with Crippen LogP contribution in [0.25, 0.3) is 0 Å². The minimum Gasteiger partial charge on any atom is -0.478 e. The predicted molar refractivity (Wildman–Crippen MR) is 91.6 cm³/mol. The number of aryl methyl sites for hydroxylation is 2. The Bertz CT molecular complexity index is 774. The molecule has 0 aliphatic carbocycles. The molecule has 1 amide bonds. The fourth-order valence-electron chi connectivity index (χ4n) is 2.41. The molecule has 1 aromatic heterocycles. The van der Waals surface area contributed by atoms with Gasteiger partial charge in [0.2, 0.25) is 5.91 Å². The highest BCUT2D eigenvalue weighted by molar-refractivity contribution is 5.98. The molecule has 0 atom stereocenters. The van der Waals surface area contributed by atoms with E-state index in [1.807, 2.05) is 19.1 Å². The zero-order valence-electron chi connectivity index (χ0n) is 14.3. The normalized spacial score (nSPS) is 10.5. The van der Waals surface area contributed by atoms with E-state index >= 15 is 0 Å². The molecule has 2 aromatic rings. The Morgan fingerprint density at radius 3 is 2.36 bits per heavy atom. The van der Waals surface area contributed by atoms with Crippen LogP contribution in [-0.4, -0.2) is 22.8 Å². The second kappa shape index (κ2) is 8.28. The Morgan fingerprint density at radius 1 is 1.12 bits per heavy atom. The molecule has 6 heteroatoms. The van der Waals surface area contributed by atoms with E-state index in [1.54, 1.807) is 19.1 Å². The molecular formula is C19H21NO5. The van der Waals surface area contributed by atoms with Gasteiger partial charge in [-0.3, -0.25) is 9.59 Å². The third kappa shape index (κ3) is 5.04. The van der Waals surface area contributed by atoms with E-state index in [1.165, 1.54) is 6.07 Å². The van der Waals surface area contributed by atoms with E-state index in [-0.39, 0.29) is 36.6 Å². The van der Waals surface area contributed by atoms with Gasteiger partial charge in [-0.15, -0.1) is 0 Å². The maximum absolute atomic E-state index is 12.1. The number of carbonyl (C=O) groups excluding carboxylic acids is 2. The third-order valence-electron chi connectivity index (χ3n) is 3.92. The molecule has 132 valence electrons. The molecule has 2 rings (SSSR count). The van der Waals surface area contributed by atoms with Crippen molar-refractivity contribution in [3.63, 3.8) is 0 Å². The Labute approximate surface area is 145 Å².